The monoisotopic (exact) mass is 307 g/mol. The van der Waals surface area contributed by atoms with Crippen molar-refractivity contribution in [2.75, 3.05) is 17.4 Å². The number of benzene rings is 1. The zero-order valence-electron chi connectivity index (χ0n) is 12.7. The number of hydrogen-bond acceptors (Lipinski definition) is 3. The Hall–Kier alpha value is -1.04. The molecule has 1 aromatic rings. The molecule has 0 radical (unpaired) electrons. The van der Waals surface area contributed by atoms with Gasteiger partial charge in [0, 0.05) is 31.4 Å². The van der Waals surface area contributed by atoms with Crippen LogP contribution in [-0.2, 0) is 18.8 Å². The van der Waals surface area contributed by atoms with Crippen LogP contribution >= 0.6 is 10.6 Å². The highest BCUT2D eigenvalue weighted by molar-refractivity contribution is 8.24. The molecule has 0 bridgehead atoms. The minimum absolute atomic E-state index is 0.0342. The van der Waals surface area contributed by atoms with Crippen LogP contribution in [0.1, 0.15) is 38.2 Å². The maximum absolute atomic E-state index is 12.4. The molecule has 1 saturated heterocycles. The largest absolute Gasteiger partial charge is 0.278 e. The van der Waals surface area contributed by atoms with E-state index in [1.807, 2.05) is 35.6 Å². The molecule has 2 atom stereocenters. The fourth-order valence-corrected chi connectivity index (χ4v) is 6.37. The standard InChI is InChI=1S/C16H21NO3S/c1-12(18)17-14-9-5-4-8-13(14)15-10-6-7-11-16(15,17)20-21(2,3)19-15/h4-5,8-9H,6-7,10-11H2,1-3H3. The molecule has 114 valence electrons. The van der Waals surface area contributed by atoms with E-state index in [0.717, 1.165) is 36.9 Å². The number of rotatable bonds is 0. The zero-order valence-corrected chi connectivity index (χ0v) is 13.5. The average Bonchev–Trinajstić information content (AvgIpc) is 2.79. The summed E-state index contributed by atoms with van der Waals surface area (Å²) in [5, 5.41) is 0. The van der Waals surface area contributed by atoms with E-state index >= 15 is 0 Å². The number of carbonyl (C=O) groups excluding carboxylic acids is 1. The van der Waals surface area contributed by atoms with Crippen LogP contribution in [0.4, 0.5) is 5.69 Å². The highest BCUT2D eigenvalue weighted by Crippen LogP contribution is 2.73. The molecule has 4 nitrogen and oxygen atoms in total. The third-order valence-electron chi connectivity index (χ3n) is 4.86. The predicted octanol–water partition coefficient (Wildman–Crippen LogP) is 3.46. The van der Waals surface area contributed by atoms with Gasteiger partial charge in [-0.25, -0.2) is 0 Å². The maximum Gasteiger partial charge on any atom is 0.226 e. The van der Waals surface area contributed by atoms with Gasteiger partial charge in [0.1, 0.15) is 0 Å². The SMILES string of the molecule is CC(=O)N1c2ccccc2C23CCCCC12OS(C)(C)O3. The van der Waals surface area contributed by atoms with Crippen molar-refractivity contribution >= 4 is 22.2 Å². The summed E-state index contributed by atoms with van der Waals surface area (Å²) in [6.07, 6.45) is 8.00. The molecular formula is C16H21NO3S. The summed E-state index contributed by atoms with van der Waals surface area (Å²) >= 11 is 0. The first-order valence-corrected chi connectivity index (χ1v) is 9.77. The summed E-state index contributed by atoms with van der Waals surface area (Å²) in [4.78, 5) is 14.3. The van der Waals surface area contributed by atoms with Crippen molar-refractivity contribution in [3.05, 3.63) is 29.8 Å². The second-order valence-corrected chi connectivity index (χ2v) is 9.12. The number of anilines is 1. The van der Waals surface area contributed by atoms with Crippen molar-refractivity contribution in [1.82, 2.24) is 0 Å². The quantitative estimate of drug-likeness (QED) is 0.737. The van der Waals surface area contributed by atoms with Gasteiger partial charge >= 0.3 is 0 Å². The Balaban J connectivity index is 2.02. The van der Waals surface area contributed by atoms with Crippen molar-refractivity contribution in [1.29, 1.82) is 0 Å². The summed E-state index contributed by atoms with van der Waals surface area (Å²) in [6.45, 7) is 1.63. The van der Waals surface area contributed by atoms with E-state index in [1.54, 1.807) is 6.92 Å². The van der Waals surface area contributed by atoms with Gasteiger partial charge in [0.15, 0.2) is 5.60 Å². The second kappa shape index (κ2) is 4.03. The molecule has 2 aliphatic heterocycles. The number of carbonyl (C=O) groups is 1. The molecule has 21 heavy (non-hydrogen) atoms. The van der Waals surface area contributed by atoms with E-state index in [4.69, 9.17) is 8.37 Å². The van der Waals surface area contributed by atoms with Crippen molar-refractivity contribution in [3.8, 4) is 0 Å². The third kappa shape index (κ3) is 1.52. The highest BCUT2D eigenvalue weighted by Gasteiger charge is 2.72. The minimum atomic E-state index is -1.61. The van der Waals surface area contributed by atoms with E-state index in [2.05, 4.69) is 6.07 Å². The lowest BCUT2D eigenvalue weighted by Gasteiger charge is -2.43. The van der Waals surface area contributed by atoms with Crippen LogP contribution in [0.3, 0.4) is 0 Å². The highest BCUT2D eigenvalue weighted by atomic mass is 32.3. The third-order valence-corrected chi connectivity index (χ3v) is 6.23. The first-order chi connectivity index (χ1) is 9.92. The van der Waals surface area contributed by atoms with Crippen molar-refractivity contribution in [2.24, 2.45) is 0 Å². The number of fused-ring (bicyclic) bond motifs is 1. The molecule has 2 heterocycles. The molecule has 0 N–H and O–H groups in total. The van der Waals surface area contributed by atoms with Crippen LogP contribution in [0.5, 0.6) is 0 Å². The van der Waals surface area contributed by atoms with E-state index < -0.39 is 21.9 Å². The number of para-hydroxylation sites is 1. The van der Waals surface area contributed by atoms with Gasteiger partial charge in [0.2, 0.25) is 11.6 Å². The molecule has 2 fully saturated rings. The Morgan fingerprint density at radius 2 is 1.90 bits per heavy atom. The Morgan fingerprint density at radius 3 is 2.67 bits per heavy atom. The minimum Gasteiger partial charge on any atom is -0.278 e. The van der Waals surface area contributed by atoms with Gasteiger partial charge in [-0.2, -0.15) is 10.6 Å². The molecule has 4 rings (SSSR count). The van der Waals surface area contributed by atoms with Crippen LogP contribution in [0.15, 0.2) is 24.3 Å². The Bertz CT molecular complexity index is 632. The maximum atomic E-state index is 12.4. The lowest BCUT2D eigenvalue weighted by atomic mass is 9.75. The van der Waals surface area contributed by atoms with E-state index in [1.165, 1.54) is 0 Å². The van der Waals surface area contributed by atoms with E-state index in [9.17, 15) is 4.79 Å². The predicted molar refractivity (Wildman–Crippen MR) is 84.1 cm³/mol. The topological polar surface area (TPSA) is 38.8 Å². The van der Waals surface area contributed by atoms with Gasteiger partial charge in [-0.1, -0.05) is 18.2 Å². The van der Waals surface area contributed by atoms with Crippen molar-refractivity contribution < 1.29 is 13.2 Å². The van der Waals surface area contributed by atoms with Crippen LogP contribution in [0.2, 0.25) is 0 Å². The van der Waals surface area contributed by atoms with E-state index in [-0.39, 0.29) is 5.91 Å². The summed E-state index contributed by atoms with van der Waals surface area (Å²) in [6, 6.07) is 8.12. The molecule has 1 saturated carbocycles. The molecule has 1 amide bonds. The summed E-state index contributed by atoms with van der Waals surface area (Å²) in [5.41, 5.74) is 0.964. The van der Waals surface area contributed by atoms with Gasteiger partial charge in [-0.3, -0.25) is 18.1 Å². The molecular weight excluding hydrogens is 286 g/mol. The molecule has 5 heteroatoms. The van der Waals surface area contributed by atoms with Crippen molar-refractivity contribution in [2.45, 2.75) is 43.9 Å². The second-order valence-electron chi connectivity index (χ2n) is 6.50. The number of hydrogen-bond donors (Lipinski definition) is 0. The smallest absolute Gasteiger partial charge is 0.226 e. The van der Waals surface area contributed by atoms with Gasteiger partial charge in [-0.15, -0.1) is 0 Å². The van der Waals surface area contributed by atoms with Gasteiger partial charge in [0.25, 0.3) is 0 Å². The Labute approximate surface area is 127 Å². The van der Waals surface area contributed by atoms with Gasteiger partial charge < -0.3 is 0 Å². The lowest BCUT2D eigenvalue weighted by Crippen LogP contribution is -2.59. The summed E-state index contributed by atoms with van der Waals surface area (Å²) in [5.74, 6) is 0.0342. The van der Waals surface area contributed by atoms with E-state index in [0.29, 0.717) is 0 Å². The fourth-order valence-electron chi connectivity index (χ4n) is 4.39. The normalized spacial score (nSPS) is 37.6. The Kier molecular flexibility index (Phi) is 2.61. The van der Waals surface area contributed by atoms with Gasteiger partial charge in [-0.05, 0) is 25.3 Å². The average molecular weight is 307 g/mol. The molecule has 2 unspecified atom stereocenters. The molecule has 0 aromatic heterocycles. The summed E-state index contributed by atoms with van der Waals surface area (Å²) < 4.78 is 13.0. The number of nitrogens with zero attached hydrogens (tertiary/aromatic N) is 1. The lowest BCUT2D eigenvalue weighted by molar-refractivity contribution is -0.127. The summed E-state index contributed by atoms with van der Waals surface area (Å²) in [7, 11) is -1.61. The fraction of sp³-hybridized carbons (Fsp3) is 0.562. The van der Waals surface area contributed by atoms with Crippen LogP contribution in [0, 0.1) is 0 Å². The zero-order chi connectivity index (χ0) is 14.9. The van der Waals surface area contributed by atoms with Crippen LogP contribution < -0.4 is 4.90 Å². The number of amides is 1. The molecule has 1 aromatic carbocycles. The molecule has 3 aliphatic rings. The molecule has 1 aliphatic carbocycles. The van der Waals surface area contributed by atoms with Crippen molar-refractivity contribution in [3.63, 3.8) is 0 Å². The van der Waals surface area contributed by atoms with Gasteiger partial charge in [0.05, 0.1) is 5.69 Å². The first-order valence-electron chi connectivity index (χ1n) is 7.47. The first kappa shape index (κ1) is 13.6. The van der Waals surface area contributed by atoms with Crippen LogP contribution in [-0.4, -0.2) is 24.1 Å². The molecule has 0 spiro atoms. The van der Waals surface area contributed by atoms with Crippen LogP contribution in [0.25, 0.3) is 0 Å². The Morgan fingerprint density at radius 1 is 1.19 bits per heavy atom.